The highest BCUT2D eigenvalue weighted by Gasteiger charge is 2.22. The largest absolute Gasteiger partial charge is 0.0588 e. The number of hydrogen-bond acceptors (Lipinski definition) is 0. The molecule has 87 valence electrons. The maximum Gasteiger partial charge on any atom is -0.0241 e. The van der Waals surface area contributed by atoms with E-state index in [-0.39, 0.29) is 0 Å². The summed E-state index contributed by atoms with van der Waals surface area (Å²) >= 11 is 0. The lowest BCUT2D eigenvalue weighted by molar-refractivity contribution is 0.346. The topological polar surface area (TPSA) is 0 Å². The van der Waals surface area contributed by atoms with E-state index in [1.54, 1.807) is 0 Å². The van der Waals surface area contributed by atoms with Crippen molar-refractivity contribution < 1.29 is 0 Å². The first kappa shape index (κ1) is 11.5. The van der Waals surface area contributed by atoms with Crippen molar-refractivity contribution >= 4 is 0 Å². The van der Waals surface area contributed by atoms with Crippen molar-refractivity contribution in [3.63, 3.8) is 0 Å². The fourth-order valence-corrected chi connectivity index (χ4v) is 3.53. The fourth-order valence-electron chi connectivity index (χ4n) is 3.53. The molecule has 1 radical (unpaired) electrons. The molecule has 0 heterocycles. The Bertz CT molecular complexity index is 161. The molecular formula is C15H27. The van der Waals surface area contributed by atoms with Crippen molar-refractivity contribution in [3.8, 4) is 0 Å². The van der Waals surface area contributed by atoms with Gasteiger partial charge in [-0.2, -0.15) is 0 Å². The molecule has 0 spiro atoms. The Kier molecular flexibility index (Phi) is 4.53. The molecule has 0 aromatic heterocycles. The van der Waals surface area contributed by atoms with Crippen LogP contribution in [0.5, 0.6) is 0 Å². The third kappa shape index (κ3) is 3.50. The number of hydrogen-bond donors (Lipinski definition) is 0. The first-order chi connectivity index (χ1) is 7.36. The molecule has 0 aliphatic heterocycles. The minimum Gasteiger partial charge on any atom is -0.0588 e. The summed E-state index contributed by atoms with van der Waals surface area (Å²) in [5, 5.41) is 0. The van der Waals surface area contributed by atoms with Gasteiger partial charge in [0.25, 0.3) is 0 Å². The molecule has 15 heavy (non-hydrogen) atoms. The van der Waals surface area contributed by atoms with E-state index in [1.807, 2.05) is 5.92 Å². The lowest BCUT2D eigenvalue weighted by Gasteiger charge is -2.27. The van der Waals surface area contributed by atoms with Gasteiger partial charge in [-0.1, -0.05) is 51.9 Å². The average Bonchev–Trinajstić information content (AvgIpc) is 2.80. The first-order valence-corrected chi connectivity index (χ1v) is 7.18. The summed E-state index contributed by atoms with van der Waals surface area (Å²) in [6.07, 6.45) is 16.5. The third-order valence-electron chi connectivity index (χ3n) is 4.72. The van der Waals surface area contributed by atoms with Gasteiger partial charge in [0, 0.05) is 0 Å². The van der Waals surface area contributed by atoms with Crippen molar-refractivity contribution in [1.29, 1.82) is 0 Å². The van der Waals surface area contributed by atoms with Gasteiger partial charge in [0.2, 0.25) is 0 Å². The standard InChI is InChI=1S/C15H27/c1-13(15-9-3-2-4-10-15)11-12-14-7-5-6-8-14/h14-15H,2-12H2,1H3. The second-order valence-corrected chi connectivity index (χ2v) is 5.87. The molecule has 2 aliphatic rings. The van der Waals surface area contributed by atoms with Crippen molar-refractivity contribution in [1.82, 2.24) is 0 Å². The van der Waals surface area contributed by atoms with Gasteiger partial charge in [-0.3, -0.25) is 0 Å². The minimum atomic E-state index is 1.00. The predicted molar refractivity (Wildman–Crippen MR) is 66.7 cm³/mol. The molecule has 2 saturated carbocycles. The van der Waals surface area contributed by atoms with Gasteiger partial charge >= 0.3 is 0 Å². The Morgan fingerprint density at radius 1 is 0.867 bits per heavy atom. The zero-order valence-electron chi connectivity index (χ0n) is 10.4. The molecule has 0 atom stereocenters. The second kappa shape index (κ2) is 5.92. The van der Waals surface area contributed by atoms with Gasteiger partial charge in [0.15, 0.2) is 0 Å². The fraction of sp³-hybridized carbons (Fsp3) is 0.933. The summed E-state index contributed by atoms with van der Waals surface area (Å²) in [5.74, 6) is 3.92. The van der Waals surface area contributed by atoms with Crippen molar-refractivity contribution in [3.05, 3.63) is 5.92 Å². The quantitative estimate of drug-likeness (QED) is 0.599. The van der Waals surface area contributed by atoms with Crippen LogP contribution in [0.25, 0.3) is 0 Å². The van der Waals surface area contributed by atoms with Gasteiger partial charge < -0.3 is 0 Å². The summed E-state index contributed by atoms with van der Waals surface area (Å²) in [6.45, 7) is 2.44. The van der Waals surface area contributed by atoms with Gasteiger partial charge in [-0.25, -0.2) is 0 Å². The van der Waals surface area contributed by atoms with Gasteiger partial charge in [0.05, 0.1) is 0 Å². The summed E-state index contributed by atoms with van der Waals surface area (Å²) in [4.78, 5) is 0. The van der Waals surface area contributed by atoms with Crippen LogP contribution in [0.1, 0.15) is 77.6 Å². The summed E-state index contributed by atoms with van der Waals surface area (Å²) in [5.41, 5.74) is 0. The molecule has 2 rings (SSSR count). The molecule has 0 N–H and O–H groups in total. The van der Waals surface area contributed by atoms with Gasteiger partial charge in [0.1, 0.15) is 0 Å². The average molecular weight is 207 g/mol. The Morgan fingerprint density at radius 3 is 2.13 bits per heavy atom. The van der Waals surface area contributed by atoms with E-state index in [0.717, 1.165) is 11.8 Å². The summed E-state index contributed by atoms with van der Waals surface area (Å²) < 4.78 is 0. The SMILES string of the molecule is C[C](CCC1CCCC1)C1CCCCC1. The maximum absolute atomic E-state index is 2.44. The monoisotopic (exact) mass is 207 g/mol. The molecule has 2 aliphatic carbocycles. The third-order valence-corrected chi connectivity index (χ3v) is 4.72. The van der Waals surface area contributed by atoms with E-state index in [1.165, 1.54) is 70.6 Å². The second-order valence-electron chi connectivity index (χ2n) is 5.87. The van der Waals surface area contributed by atoms with Crippen LogP contribution in [-0.4, -0.2) is 0 Å². The van der Waals surface area contributed by atoms with Crippen molar-refractivity contribution in [2.24, 2.45) is 11.8 Å². The van der Waals surface area contributed by atoms with E-state index in [2.05, 4.69) is 6.92 Å². The summed E-state index contributed by atoms with van der Waals surface area (Å²) in [6, 6.07) is 0. The molecule has 2 fully saturated rings. The van der Waals surface area contributed by atoms with Crippen molar-refractivity contribution in [2.45, 2.75) is 77.6 Å². The molecule has 0 aromatic carbocycles. The van der Waals surface area contributed by atoms with Crippen LogP contribution in [0.3, 0.4) is 0 Å². The zero-order chi connectivity index (χ0) is 10.5. The molecule has 0 aromatic rings. The van der Waals surface area contributed by atoms with Crippen LogP contribution >= 0.6 is 0 Å². The zero-order valence-corrected chi connectivity index (χ0v) is 10.4. The van der Waals surface area contributed by atoms with E-state index >= 15 is 0 Å². The lowest BCUT2D eigenvalue weighted by atomic mass is 9.78. The Hall–Kier alpha value is 0. The molecule has 0 heteroatoms. The van der Waals surface area contributed by atoms with Crippen molar-refractivity contribution in [2.75, 3.05) is 0 Å². The van der Waals surface area contributed by atoms with Crippen LogP contribution in [0.4, 0.5) is 0 Å². The normalized spacial score (nSPS) is 25.2. The molecule has 0 unspecified atom stereocenters. The number of rotatable bonds is 4. The van der Waals surface area contributed by atoms with E-state index in [4.69, 9.17) is 0 Å². The van der Waals surface area contributed by atoms with Gasteiger partial charge in [-0.05, 0) is 43.4 Å². The highest BCUT2D eigenvalue weighted by molar-refractivity contribution is 4.93. The summed E-state index contributed by atoms with van der Waals surface area (Å²) in [7, 11) is 0. The lowest BCUT2D eigenvalue weighted by Crippen LogP contribution is -2.14. The van der Waals surface area contributed by atoms with Crippen LogP contribution < -0.4 is 0 Å². The van der Waals surface area contributed by atoms with E-state index < -0.39 is 0 Å². The predicted octanol–water partition coefficient (Wildman–Crippen LogP) is 5.13. The van der Waals surface area contributed by atoms with E-state index in [9.17, 15) is 0 Å². The van der Waals surface area contributed by atoms with E-state index in [0.29, 0.717) is 0 Å². The molecule has 0 nitrogen and oxygen atoms in total. The smallest absolute Gasteiger partial charge is 0.0241 e. The van der Waals surface area contributed by atoms with Crippen LogP contribution in [0.15, 0.2) is 0 Å². The molecule has 0 amide bonds. The molecule has 0 saturated heterocycles. The molecule has 0 bridgehead atoms. The maximum atomic E-state index is 2.44. The Balaban J connectivity index is 1.64. The Morgan fingerprint density at radius 2 is 1.47 bits per heavy atom. The van der Waals surface area contributed by atoms with Crippen LogP contribution in [0, 0.1) is 17.8 Å². The minimum absolute atomic E-state index is 1.00. The molecular weight excluding hydrogens is 180 g/mol. The first-order valence-electron chi connectivity index (χ1n) is 7.18. The Labute approximate surface area is 95.8 Å². The van der Waals surface area contributed by atoms with Crippen LogP contribution in [0.2, 0.25) is 0 Å². The van der Waals surface area contributed by atoms with Gasteiger partial charge in [-0.15, -0.1) is 0 Å². The highest BCUT2D eigenvalue weighted by Crippen LogP contribution is 2.36. The highest BCUT2D eigenvalue weighted by atomic mass is 14.3. The van der Waals surface area contributed by atoms with Crippen LogP contribution in [-0.2, 0) is 0 Å².